The van der Waals surface area contributed by atoms with Gasteiger partial charge in [0.15, 0.2) is 0 Å². The number of sulfonamides is 1. The lowest BCUT2D eigenvalue weighted by atomic mass is 10.5. The van der Waals surface area contributed by atoms with Gasteiger partial charge >= 0.3 is 5.97 Å². The maximum absolute atomic E-state index is 11.2. The van der Waals surface area contributed by atoms with Crippen LogP contribution in [0.3, 0.4) is 0 Å². The number of hydrogen-bond donors (Lipinski definition) is 1. The second-order valence-electron chi connectivity index (χ2n) is 2.77. The van der Waals surface area contributed by atoms with E-state index in [1.807, 2.05) is 6.92 Å². The van der Waals surface area contributed by atoms with E-state index in [0.29, 0.717) is 6.54 Å². The van der Waals surface area contributed by atoms with Crippen molar-refractivity contribution in [3.63, 3.8) is 0 Å². The average molecular weight is 223 g/mol. The number of ether oxygens (including phenoxy) is 1. The summed E-state index contributed by atoms with van der Waals surface area (Å²) in [4.78, 5) is 10.8. The molecular weight excluding hydrogens is 206 g/mol. The first-order chi connectivity index (χ1) is 6.52. The van der Waals surface area contributed by atoms with Crippen LogP contribution in [0.15, 0.2) is 0 Å². The fourth-order valence-electron chi connectivity index (χ4n) is 0.781. The van der Waals surface area contributed by atoms with Gasteiger partial charge in [-0.15, -0.1) is 0 Å². The molecule has 0 fully saturated rings. The maximum atomic E-state index is 11.2. The SMILES string of the molecule is CCCNS(=O)(=O)CCC(=O)OCC. The molecule has 0 spiro atoms. The van der Waals surface area contributed by atoms with E-state index < -0.39 is 16.0 Å². The number of esters is 1. The lowest BCUT2D eigenvalue weighted by molar-refractivity contribution is -0.142. The van der Waals surface area contributed by atoms with Gasteiger partial charge in [-0.05, 0) is 13.3 Å². The van der Waals surface area contributed by atoms with E-state index in [1.165, 1.54) is 0 Å². The first-order valence-electron chi connectivity index (χ1n) is 4.64. The Morgan fingerprint density at radius 3 is 2.50 bits per heavy atom. The third-order valence-electron chi connectivity index (χ3n) is 1.45. The first-order valence-corrected chi connectivity index (χ1v) is 6.30. The summed E-state index contributed by atoms with van der Waals surface area (Å²) in [5.74, 6) is -0.680. The highest BCUT2D eigenvalue weighted by Gasteiger charge is 2.12. The van der Waals surface area contributed by atoms with Gasteiger partial charge in [-0.3, -0.25) is 4.79 Å². The molecule has 0 aromatic rings. The van der Waals surface area contributed by atoms with Crippen LogP contribution >= 0.6 is 0 Å². The molecule has 84 valence electrons. The van der Waals surface area contributed by atoms with E-state index in [2.05, 4.69) is 9.46 Å². The van der Waals surface area contributed by atoms with Crippen LogP contribution in [-0.4, -0.2) is 33.3 Å². The maximum Gasteiger partial charge on any atom is 0.306 e. The number of hydrogen-bond acceptors (Lipinski definition) is 4. The van der Waals surface area contributed by atoms with Crippen molar-refractivity contribution in [3.05, 3.63) is 0 Å². The van der Waals surface area contributed by atoms with Crippen LogP contribution in [0.1, 0.15) is 26.7 Å². The van der Waals surface area contributed by atoms with Crippen molar-refractivity contribution in [2.24, 2.45) is 0 Å². The fourth-order valence-corrected chi connectivity index (χ4v) is 1.88. The molecule has 5 nitrogen and oxygen atoms in total. The van der Waals surface area contributed by atoms with Crippen molar-refractivity contribution in [1.29, 1.82) is 0 Å². The van der Waals surface area contributed by atoms with Crippen LogP contribution in [0.4, 0.5) is 0 Å². The van der Waals surface area contributed by atoms with Gasteiger partial charge in [-0.25, -0.2) is 13.1 Å². The molecule has 0 aromatic carbocycles. The summed E-state index contributed by atoms with van der Waals surface area (Å²) in [6, 6.07) is 0. The van der Waals surface area contributed by atoms with Crippen LogP contribution in [0, 0.1) is 0 Å². The summed E-state index contributed by atoms with van der Waals surface area (Å²) in [6.07, 6.45) is 0.644. The molecule has 0 saturated carbocycles. The minimum Gasteiger partial charge on any atom is -0.466 e. The second-order valence-corrected chi connectivity index (χ2v) is 4.69. The molecule has 0 heterocycles. The Morgan fingerprint density at radius 1 is 1.36 bits per heavy atom. The van der Waals surface area contributed by atoms with Gasteiger partial charge in [-0.2, -0.15) is 0 Å². The second kappa shape index (κ2) is 6.78. The Kier molecular flexibility index (Phi) is 6.48. The molecule has 0 saturated heterocycles. The van der Waals surface area contributed by atoms with Gasteiger partial charge in [-0.1, -0.05) is 6.92 Å². The van der Waals surface area contributed by atoms with Crippen LogP contribution in [0.25, 0.3) is 0 Å². The first kappa shape index (κ1) is 13.4. The van der Waals surface area contributed by atoms with E-state index in [4.69, 9.17) is 0 Å². The lowest BCUT2D eigenvalue weighted by Crippen LogP contribution is -2.28. The van der Waals surface area contributed by atoms with Crippen molar-refractivity contribution in [2.75, 3.05) is 18.9 Å². The van der Waals surface area contributed by atoms with Gasteiger partial charge in [0.05, 0.1) is 18.8 Å². The van der Waals surface area contributed by atoms with Crippen molar-refractivity contribution < 1.29 is 17.9 Å². The average Bonchev–Trinajstić information content (AvgIpc) is 2.13. The molecule has 0 rings (SSSR count). The smallest absolute Gasteiger partial charge is 0.306 e. The third kappa shape index (κ3) is 6.85. The Bertz CT molecular complexity index is 261. The Balaban J connectivity index is 3.81. The zero-order chi connectivity index (χ0) is 11.0. The summed E-state index contributed by atoms with van der Waals surface area (Å²) in [6.45, 7) is 4.24. The predicted molar refractivity (Wildman–Crippen MR) is 53.3 cm³/mol. The molecule has 14 heavy (non-hydrogen) atoms. The minimum absolute atomic E-state index is 0.0904. The Morgan fingerprint density at radius 2 is 2.00 bits per heavy atom. The number of carbonyl (C=O) groups excluding carboxylic acids is 1. The molecule has 0 amide bonds. The van der Waals surface area contributed by atoms with Crippen LogP contribution in [0.5, 0.6) is 0 Å². The zero-order valence-electron chi connectivity index (χ0n) is 8.58. The van der Waals surface area contributed by atoms with Gasteiger partial charge in [0.25, 0.3) is 0 Å². The fraction of sp³-hybridized carbons (Fsp3) is 0.875. The summed E-state index contributed by atoms with van der Waals surface area (Å²) in [5.41, 5.74) is 0. The molecule has 1 N–H and O–H groups in total. The molecule has 0 unspecified atom stereocenters. The molecule has 0 radical (unpaired) electrons. The highest BCUT2D eigenvalue weighted by atomic mass is 32.2. The summed E-state index contributed by atoms with van der Waals surface area (Å²) < 4.78 is 29.3. The van der Waals surface area contributed by atoms with Crippen molar-refractivity contribution in [3.8, 4) is 0 Å². The Labute approximate surface area is 84.9 Å². The number of carbonyl (C=O) groups is 1. The third-order valence-corrected chi connectivity index (χ3v) is 2.84. The molecular formula is C8H17NO4S. The monoisotopic (exact) mass is 223 g/mol. The molecule has 0 aliphatic rings. The number of rotatable bonds is 7. The molecule has 0 aliphatic carbocycles. The summed E-state index contributed by atoms with van der Waals surface area (Å²) in [5, 5.41) is 0. The van der Waals surface area contributed by atoms with E-state index in [-0.39, 0.29) is 18.8 Å². The molecule has 0 aromatic heterocycles. The van der Waals surface area contributed by atoms with E-state index in [9.17, 15) is 13.2 Å². The van der Waals surface area contributed by atoms with Gasteiger partial charge in [0, 0.05) is 6.54 Å². The largest absolute Gasteiger partial charge is 0.466 e. The van der Waals surface area contributed by atoms with E-state index in [1.54, 1.807) is 6.92 Å². The number of nitrogens with one attached hydrogen (secondary N) is 1. The Hall–Kier alpha value is -0.620. The zero-order valence-corrected chi connectivity index (χ0v) is 9.39. The standard InChI is InChI=1S/C8H17NO4S/c1-3-6-9-14(11,12)7-5-8(10)13-4-2/h9H,3-7H2,1-2H3. The lowest BCUT2D eigenvalue weighted by Gasteiger charge is -2.04. The van der Waals surface area contributed by atoms with E-state index >= 15 is 0 Å². The topological polar surface area (TPSA) is 72.5 Å². The summed E-state index contributed by atoms with van der Waals surface area (Å²) in [7, 11) is -3.31. The van der Waals surface area contributed by atoms with E-state index in [0.717, 1.165) is 6.42 Å². The van der Waals surface area contributed by atoms with Gasteiger partial charge in [0.1, 0.15) is 0 Å². The van der Waals surface area contributed by atoms with Gasteiger partial charge in [0.2, 0.25) is 10.0 Å². The minimum atomic E-state index is -3.31. The normalized spacial score (nSPS) is 11.3. The predicted octanol–water partition coefficient (Wildman–Crippen LogP) is 0.269. The van der Waals surface area contributed by atoms with Crippen molar-refractivity contribution in [2.45, 2.75) is 26.7 Å². The van der Waals surface area contributed by atoms with Crippen molar-refractivity contribution in [1.82, 2.24) is 4.72 Å². The quantitative estimate of drug-likeness (QED) is 0.629. The molecule has 0 atom stereocenters. The molecule has 6 heteroatoms. The highest BCUT2D eigenvalue weighted by molar-refractivity contribution is 7.89. The van der Waals surface area contributed by atoms with Crippen LogP contribution in [-0.2, 0) is 19.6 Å². The highest BCUT2D eigenvalue weighted by Crippen LogP contribution is 1.93. The summed E-state index contributed by atoms with van der Waals surface area (Å²) >= 11 is 0. The molecule has 0 bridgehead atoms. The molecule has 0 aliphatic heterocycles. The van der Waals surface area contributed by atoms with Crippen LogP contribution < -0.4 is 4.72 Å². The van der Waals surface area contributed by atoms with Gasteiger partial charge < -0.3 is 4.74 Å². The van der Waals surface area contributed by atoms with Crippen LogP contribution in [0.2, 0.25) is 0 Å². The van der Waals surface area contributed by atoms with Crippen molar-refractivity contribution >= 4 is 16.0 Å².